The standard InChI is InChI=1S/C11H12N2O2/c1-15-11(14)5-3-8-2-4-10-9(6-8)7-12-13-10/h2,4,6-7H,3,5H2,1H3,(H,12,13). The molecule has 1 aromatic carbocycles. The second-order valence-corrected chi connectivity index (χ2v) is 3.37. The molecule has 0 radical (unpaired) electrons. The molecular formula is C11H12N2O2. The number of hydrogen-bond acceptors (Lipinski definition) is 3. The van der Waals surface area contributed by atoms with E-state index < -0.39 is 0 Å². The first-order valence-corrected chi connectivity index (χ1v) is 4.78. The highest BCUT2D eigenvalue weighted by molar-refractivity contribution is 5.78. The summed E-state index contributed by atoms with van der Waals surface area (Å²) in [5.41, 5.74) is 2.13. The number of benzene rings is 1. The van der Waals surface area contributed by atoms with Crippen molar-refractivity contribution >= 4 is 16.9 Å². The maximum atomic E-state index is 11.0. The van der Waals surface area contributed by atoms with Gasteiger partial charge in [-0.1, -0.05) is 6.07 Å². The number of aromatic nitrogens is 2. The van der Waals surface area contributed by atoms with E-state index >= 15 is 0 Å². The summed E-state index contributed by atoms with van der Waals surface area (Å²) in [6.45, 7) is 0. The van der Waals surface area contributed by atoms with Crippen LogP contribution in [0, 0.1) is 0 Å². The second-order valence-electron chi connectivity index (χ2n) is 3.37. The molecule has 0 spiro atoms. The first kappa shape index (κ1) is 9.71. The van der Waals surface area contributed by atoms with Crippen LogP contribution < -0.4 is 0 Å². The second kappa shape index (κ2) is 4.13. The Balaban J connectivity index is 2.11. The maximum Gasteiger partial charge on any atom is 0.305 e. The molecular weight excluding hydrogens is 192 g/mol. The molecule has 0 amide bonds. The Morgan fingerprint density at radius 3 is 3.20 bits per heavy atom. The molecule has 0 saturated heterocycles. The van der Waals surface area contributed by atoms with Gasteiger partial charge in [0.25, 0.3) is 0 Å². The van der Waals surface area contributed by atoms with Crippen molar-refractivity contribution in [2.75, 3.05) is 7.11 Å². The molecule has 2 rings (SSSR count). The Bertz CT molecular complexity index is 476. The zero-order valence-electron chi connectivity index (χ0n) is 8.49. The van der Waals surface area contributed by atoms with Crippen LogP contribution in [0.4, 0.5) is 0 Å². The lowest BCUT2D eigenvalue weighted by molar-refractivity contribution is -0.140. The molecule has 0 unspecified atom stereocenters. The van der Waals surface area contributed by atoms with Crippen LogP contribution in [0.3, 0.4) is 0 Å². The summed E-state index contributed by atoms with van der Waals surface area (Å²) in [5.74, 6) is -0.178. The normalized spacial score (nSPS) is 10.5. The van der Waals surface area contributed by atoms with Gasteiger partial charge >= 0.3 is 5.97 Å². The zero-order chi connectivity index (χ0) is 10.7. The van der Waals surface area contributed by atoms with E-state index in [-0.39, 0.29) is 5.97 Å². The molecule has 4 heteroatoms. The van der Waals surface area contributed by atoms with Crippen molar-refractivity contribution in [2.24, 2.45) is 0 Å². The van der Waals surface area contributed by atoms with E-state index in [0.29, 0.717) is 12.8 Å². The molecule has 15 heavy (non-hydrogen) atoms. The van der Waals surface area contributed by atoms with Gasteiger partial charge in [-0.25, -0.2) is 0 Å². The quantitative estimate of drug-likeness (QED) is 0.774. The van der Waals surface area contributed by atoms with Gasteiger partial charge in [0.2, 0.25) is 0 Å². The van der Waals surface area contributed by atoms with Crippen LogP contribution in [0.2, 0.25) is 0 Å². The summed E-state index contributed by atoms with van der Waals surface area (Å²) < 4.78 is 4.59. The molecule has 0 aliphatic heterocycles. The number of rotatable bonds is 3. The molecule has 0 fully saturated rings. The molecule has 0 aliphatic carbocycles. The molecule has 0 saturated carbocycles. The number of nitrogens with one attached hydrogen (secondary N) is 1. The molecule has 0 aliphatic rings. The van der Waals surface area contributed by atoms with Gasteiger partial charge in [-0.05, 0) is 24.1 Å². The fraction of sp³-hybridized carbons (Fsp3) is 0.273. The highest BCUT2D eigenvalue weighted by atomic mass is 16.5. The van der Waals surface area contributed by atoms with Crippen LogP contribution in [0.1, 0.15) is 12.0 Å². The molecule has 0 atom stereocenters. The molecule has 78 valence electrons. The minimum Gasteiger partial charge on any atom is -0.469 e. The molecule has 0 bridgehead atoms. The molecule has 1 N–H and O–H groups in total. The largest absolute Gasteiger partial charge is 0.469 e. The number of ether oxygens (including phenoxy) is 1. The van der Waals surface area contributed by atoms with Gasteiger partial charge in [0, 0.05) is 11.8 Å². The average Bonchev–Trinajstić information content (AvgIpc) is 2.72. The summed E-state index contributed by atoms with van der Waals surface area (Å²) >= 11 is 0. The smallest absolute Gasteiger partial charge is 0.305 e. The van der Waals surface area contributed by atoms with Gasteiger partial charge in [0.05, 0.1) is 18.8 Å². The fourth-order valence-corrected chi connectivity index (χ4v) is 1.50. The van der Waals surface area contributed by atoms with Crippen molar-refractivity contribution in [3.05, 3.63) is 30.0 Å². The topological polar surface area (TPSA) is 55.0 Å². The number of nitrogens with zero attached hydrogens (tertiary/aromatic N) is 1. The van der Waals surface area contributed by atoms with Gasteiger partial charge in [-0.15, -0.1) is 0 Å². The van der Waals surface area contributed by atoms with Crippen LogP contribution in [0.25, 0.3) is 10.9 Å². The van der Waals surface area contributed by atoms with Crippen molar-refractivity contribution in [3.8, 4) is 0 Å². The fourth-order valence-electron chi connectivity index (χ4n) is 1.50. The average molecular weight is 204 g/mol. The number of carbonyl (C=O) groups is 1. The monoisotopic (exact) mass is 204 g/mol. The van der Waals surface area contributed by atoms with Crippen molar-refractivity contribution < 1.29 is 9.53 Å². The van der Waals surface area contributed by atoms with Crippen LogP contribution in [0.5, 0.6) is 0 Å². The van der Waals surface area contributed by atoms with Crippen molar-refractivity contribution in [3.63, 3.8) is 0 Å². The van der Waals surface area contributed by atoms with Crippen molar-refractivity contribution in [1.29, 1.82) is 0 Å². The summed E-state index contributed by atoms with van der Waals surface area (Å²) in [6, 6.07) is 5.99. The Hall–Kier alpha value is -1.84. The number of hydrogen-bond donors (Lipinski definition) is 1. The van der Waals surface area contributed by atoms with Crippen LogP contribution in [-0.2, 0) is 16.0 Å². The number of carbonyl (C=O) groups excluding carboxylic acids is 1. The predicted molar refractivity (Wildman–Crippen MR) is 56.4 cm³/mol. The van der Waals surface area contributed by atoms with Gasteiger partial charge < -0.3 is 4.74 Å². The van der Waals surface area contributed by atoms with E-state index in [2.05, 4.69) is 14.9 Å². The Labute approximate surface area is 87.2 Å². The number of H-pyrrole nitrogens is 1. The third-order valence-corrected chi connectivity index (χ3v) is 2.35. The summed E-state index contributed by atoms with van der Waals surface area (Å²) in [4.78, 5) is 11.0. The Morgan fingerprint density at radius 2 is 2.40 bits per heavy atom. The third kappa shape index (κ3) is 2.15. The lowest BCUT2D eigenvalue weighted by Crippen LogP contribution is -2.01. The van der Waals surface area contributed by atoms with E-state index in [9.17, 15) is 4.79 Å². The highest BCUT2D eigenvalue weighted by Crippen LogP contribution is 2.14. The van der Waals surface area contributed by atoms with E-state index in [1.54, 1.807) is 6.20 Å². The van der Waals surface area contributed by atoms with Crippen LogP contribution >= 0.6 is 0 Å². The summed E-state index contributed by atoms with van der Waals surface area (Å²) in [5, 5.41) is 7.89. The van der Waals surface area contributed by atoms with Crippen molar-refractivity contribution in [2.45, 2.75) is 12.8 Å². The Kier molecular flexibility index (Phi) is 2.67. The molecule has 2 aromatic rings. The first-order chi connectivity index (χ1) is 7.29. The number of fused-ring (bicyclic) bond motifs is 1. The zero-order valence-corrected chi connectivity index (χ0v) is 8.49. The number of aryl methyl sites for hydroxylation is 1. The van der Waals surface area contributed by atoms with E-state index in [1.807, 2.05) is 18.2 Å². The number of aromatic amines is 1. The summed E-state index contributed by atoms with van der Waals surface area (Å²) in [6.07, 6.45) is 2.89. The van der Waals surface area contributed by atoms with Gasteiger partial charge in [0.1, 0.15) is 0 Å². The third-order valence-electron chi connectivity index (χ3n) is 2.35. The maximum absolute atomic E-state index is 11.0. The van der Waals surface area contributed by atoms with Gasteiger partial charge in [0.15, 0.2) is 0 Å². The highest BCUT2D eigenvalue weighted by Gasteiger charge is 2.02. The van der Waals surface area contributed by atoms with Crippen molar-refractivity contribution in [1.82, 2.24) is 10.2 Å². The number of methoxy groups -OCH3 is 1. The van der Waals surface area contributed by atoms with E-state index in [4.69, 9.17) is 0 Å². The minimum absolute atomic E-state index is 0.178. The lowest BCUT2D eigenvalue weighted by Gasteiger charge is -2.00. The number of esters is 1. The predicted octanol–water partition coefficient (Wildman–Crippen LogP) is 1.67. The molecule has 4 nitrogen and oxygen atoms in total. The van der Waals surface area contributed by atoms with E-state index in [0.717, 1.165) is 16.5 Å². The lowest BCUT2D eigenvalue weighted by atomic mass is 10.1. The van der Waals surface area contributed by atoms with Crippen LogP contribution in [0.15, 0.2) is 24.4 Å². The van der Waals surface area contributed by atoms with Crippen LogP contribution in [-0.4, -0.2) is 23.3 Å². The van der Waals surface area contributed by atoms with Gasteiger partial charge in [-0.2, -0.15) is 5.10 Å². The molecule has 1 aromatic heterocycles. The van der Waals surface area contributed by atoms with Gasteiger partial charge in [-0.3, -0.25) is 9.89 Å². The molecule has 1 heterocycles. The minimum atomic E-state index is -0.178. The Morgan fingerprint density at radius 1 is 1.53 bits per heavy atom. The first-order valence-electron chi connectivity index (χ1n) is 4.78. The van der Waals surface area contributed by atoms with E-state index in [1.165, 1.54) is 7.11 Å². The summed E-state index contributed by atoms with van der Waals surface area (Å²) in [7, 11) is 1.40. The SMILES string of the molecule is COC(=O)CCc1ccc2[nH]ncc2c1.